The number of hydrogen-bond donors (Lipinski definition) is 2. The van der Waals surface area contributed by atoms with Crippen LogP contribution in [-0.2, 0) is 4.79 Å². The number of methoxy groups -OCH3 is 2. The van der Waals surface area contributed by atoms with Crippen LogP contribution in [0.25, 0.3) is 27.8 Å². The molecule has 40 heavy (non-hydrogen) atoms. The molecule has 0 aliphatic rings. The van der Waals surface area contributed by atoms with Gasteiger partial charge in [-0.2, -0.15) is 10.2 Å². The van der Waals surface area contributed by atoms with Crippen molar-refractivity contribution in [2.45, 2.75) is 6.92 Å². The Balaban J connectivity index is 1.73. The third kappa shape index (κ3) is 4.51. The van der Waals surface area contributed by atoms with Gasteiger partial charge in [-0.3, -0.25) is 9.20 Å². The number of aryl methyl sites for hydroxylation is 1. The number of halogens is 2. The first-order chi connectivity index (χ1) is 19.3. The van der Waals surface area contributed by atoms with Crippen LogP contribution in [0.3, 0.4) is 0 Å². The maximum Gasteiger partial charge on any atom is 0.247 e. The van der Waals surface area contributed by atoms with Gasteiger partial charge < -0.3 is 20.1 Å². The molecule has 2 N–H and O–H groups in total. The highest BCUT2D eigenvalue weighted by Gasteiger charge is 2.24. The Bertz CT molecular complexity index is 1850. The lowest BCUT2D eigenvalue weighted by atomic mass is 10.0. The van der Waals surface area contributed by atoms with E-state index in [2.05, 4.69) is 33.2 Å². The van der Waals surface area contributed by atoms with E-state index in [-0.39, 0.29) is 27.6 Å². The van der Waals surface area contributed by atoms with Crippen LogP contribution in [0.1, 0.15) is 11.3 Å². The number of nitrogens with zero attached hydrogens (tertiary/aromatic N) is 5. The molecule has 0 radical (unpaired) electrons. The molecule has 2 aromatic carbocycles. The van der Waals surface area contributed by atoms with E-state index in [9.17, 15) is 10.1 Å². The molecule has 12 heteroatoms. The highest BCUT2D eigenvalue weighted by atomic mass is 35.5. The molecule has 1 amide bonds. The van der Waals surface area contributed by atoms with Gasteiger partial charge in [0.05, 0.1) is 41.8 Å². The number of nitrogens with one attached hydrogen (secondary N) is 2. The topological polar surface area (TPSA) is 126 Å². The largest absolute Gasteiger partial charge is 0.495 e. The maximum atomic E-state index is 12.0. The summed E-state index contributed by atoms with van der Waals surface area (Å²) in [5.41, 5.74) is 3.99. The van der Waals surface area contributed by atoms with Crippen molar-refractivity contribution in [3.05, 3.63) is 76.7 Å². The Morgan fingerprint density at radius 1 is 1.10 bits per heavy atom. The number of ether oxygens (including phenoxy) is 2. The van der Waals surface area contributed by atoms with E-state index in [4.69, 9.17) is 37.7 Å². The van der Waals surface area contributed by atoms with Gasteiger partial charge in [0.2, 0.25) is 11.9 Å². The first kappa shape index (κ1) is 26.7. The van der Waals surface area contributed by atoms with E-state index >= 15 is 0 Å². The number of pyridine rings is 1. The van der Waals surface area contributed by atoms with Crippen LogP contribution in [0.4, 0.5) is 17.3 Å². The molecule has 0 aliphatic heterocycles. The number of fused-ring (bicyclic) bond motifs is 3. The Kier molecular flexibility index (Phi) is 7.17. The van der Waals surface area contributed by atoms with Gasteiger partial charge in [0.1, 0.15) is 28.9 Å². The lowest BCUT2D eigenvalue weighted by molar-refractivity contribution is -0.111. The molecule has 5 rings (SSSR count). The van der Waals surface area contributed by atoms with Gasteiger partial charge in [-0.15, -0.1) is 0 Å². The van der Waals surface area contributed by atoms with E-state index < -0.39 is 0 Å². The fourth-order valence-electron chi connectivity index (χ4n) is 4.32. The second kappa shape index (κ2) is 10.7. The number of hydrogen-bond acceptors (Lipinski definition) is 8. The van der Waals surface area contributed by atoms with Gasteiger partial charge in [0.25, 0.3) is 0 Å². The Morgan fingerprint density at radius 2 is 1.82 bits per heavy atom. The number of benzene rings is 2. The third-order valence-corrected chi connectivity index (χ3v) is 6.97. The summed E-state index contributed by atoms with van der Waals surface area (Å²) in [6.07, 6.45) is 4.23. The predicted octanol–water partition coefficient (Wildman–Crippen LogP) is 6.32. The second-order valence-electron chi connectivity index (χ2n) is 8.54. The zero-order valence-electron chi connectivity index (χ0n) is 21.5. The van der Waals surface area contributed by atoms with Gasteiger partial charge in [-0.1, -0.05) is 41.9 Å². The summed E-state index contributed by atoms with van der Waals surface area (Å²) in [6, 6.07) is 11.0. The lowest BCUT2D eigenvalue weighted by Crippen LogP contribution is -2.10. The van der Waals surface area contributed by atoms with Crippen molar-refractivity contribution in [3.63, 3.8) is 0 Å². The van der Waals surface area contributed by atoms with Crippen molar-refractivity contribution in [1.29, 1.82) is 5.26 Å². The summed E-state index contributed by atoms with van der Waals surface area (Å²) in [5.74, 6) is 0.598. The van der Waals surface area contributed by atoms with Crippen molar-refractivity contribution in [3.8, 4) is 28.7 Å². The first-order valence-electron chi connectivity index (χ1n) is 11.8. The van der Waals surface area contributed by atoms with Gasteiger partial charge in [0.15, 0.2) is 5.65 Å². The standard InChI is InChI=1S/C28H21Cl2N7O3/c1-5-21(38)34-18-8-6-7-14(2)25(18)35-28-33-12-15-9-17(27-32-13-16(11-31)37(27)26(15)36-28)22-23(29)19(39-3)10-20(40-4)24(22)30/h5-10,12-13H,1H2,2-4H3,(H,34,38)(H,33,35,36). The third-order valence-electron chi connectivity index (χ3n) is 6.22. The van der Waals surface area contributed by atoms with E-state index in [0.29, 0.717) is 50.7 Å². The molecule has 3 aromatic heterocycles. The molecule has 0 unspecified atom stereocenters. The van der Waals surface area contributed by atoms with Gasteiger partial charge in [-0.25, -0.2) is 9.97 Å². The molecule has 3 heterocycles. The number of carbonyl (C=O) groups is 1. The Hall–Kier alpha value is -4.85. The quantitative estimate of drug-likeness (QED) is 0.217. The van der Waals surface area contributed by atoms with Gasteiger partial charge in [-0.05, 0) is 30.7 Å². The molecule has 200 valence electrons. The highest BCUT2D eigenvalue weighted by Crippen LogP contribution is 2.47. The van der Waals surface area contributed by atoms with Crippen molar-refractivity contribution in [1.82, 2.24) is 19.4 Å². The van der Waals surface area contributed by atoms with Crippen LogP contribution in [0, 0.1) is 18.3 Å². The number of rotatable bonds is 7. The fourth-order valence-corrected chi connectivity index (χ4v) is 5.02. The molecule has 0 atom stereocenters. The molecule has 0 fully saturated rings. The first-order valence-corrected chi connectivity index (χ1v) is 12.5. The SMILES string of the molecule is C=CC(=O)Nc1cccc(C)c1Nc1ncc2cc(-c3c(Cl)c(OC)cc(OC)c3Cl)c3ncc(C#N)n3c2n1. The minimum atomic E-state index is -0.356. The molecule has 5 aromatic rings. The van der Waals surface area contributed by atoms with Crippen LogP contribution in [-0.4, -0.2) is 39.5 Å². The van der Waals surface area contributed by atoms with Crippen molar-refractivity contribution < 1.29 is 14.3 Å². The summed E-state index contributed by atoms with van der Waals surface area (Å²) in [5, 5.41) is 17.0. The molecule has 0 bridgehead atoms. The Labute approximate surface area is 238 Å². The lowest BCUT2D eigenvalue weighted by Gasteiger charge is -2.17. The summed E-state index contributed by atoms with van der Waals surface area (Å²) >= 11 is 13.4. The fraction of sp³-hybridized carbons (Fsp3) is 0.107. The summed E-state index contributed by atoms with van der Waals surface area (Å²) in [6.45, 7) is 5.39. The van der Waals surface area contributed by atoms with Crippen LogP contribution >= 0.6 is 23.2 Å². The number of amides is 1. The summed E-state index contributed by atoms with van der Waals surface area (Å²) in [7, 11) is 2.98. The monoisotopic (exact) mass is 573 g/mol. The molecule has 0 saturated heterocycles. The zero-order chi connectivity index (χ0) is 28.6. The van der Waals surface area contributed by atoms with Crippen molar-refractivity contribution in [2.24, 2.45) is 0 Å². The second-order valence-corrected chi connectivity index (χ2v) is 9.30. The summed E-state index contributed by atoms with van der Waals surface area (Å²) in [4.78, 5) is 25.7. The molecule has 10 nitrogen and oxygen atoms in total. The van der Waals surface area contributed by atoms with Crippen molar-refractivity contribution in [2.75, 3.05) is 24.9 Å². The van der Waals surface area contributed by atoms with Crippen molar-refractivity contribution >= 4 is 63.1 Å². The summed E-state index contributed by atoms with van der Waals surface area (Å²) < 4.78 is 12.5. The number of para-hydroxylation sites is 1. The minimum absolute atomic E-state index is 0.238. The van der Waals surface area contributed by atoms with E-state index in [1.165, 1.54) is 26.5 Å². The molecular weight excluding hydrogens is 553 g/mol. The molecular formula is C28H21Cl2N7O3. The van der Waals surface area contributed by atoms with Crippen LogP contribution in [0.5, 0.6) is 11.5 Å². The molecule has 0 aliphatic carbocycles. The number of imidazole rings is 1. The van der Waals surface area contributed by atoms with Crippen LogP contribution < -0.4 is 20.1 Å². The van der Waals surface area contributed by atoms with Gasteiger partial charge in [0, 0.05) is 28.8 Å². The minimum Gasteiger partial charge on any atom is -0.495 e. The smallest absolute Gasteiger partial charge is 0.247 e. The highest BCUT2D eigenvalue weighted by molar-refractivity contribution is 6.41. The molecule has 0 spiro atoms. The number of nitriles is 1. The number of carbonyl (C=O) groups excluding carboxylic acids is 1. The average molecular weight is 574 g/mol. The zero-order valence-corrected chi connectivity index (χ0v) is 23.1. The number of aromatic nitrogens is 4. The predicted molar refractivity (Wildman–Crippen MR) is 155 cm³/mol. The van der Waals surface area contributed by atoms with Crippen LogP contribution in [0.2, 0.25) is 10.0 Å². The number of anilines is 3. The van der Waals surface area contributed by atoms with E-state index in [1.807, 2.05) is 19.1 Å². The molecule has 0 saturated carbocycles. The van der Waals surface area contributed by atoms with Crippen LogP contribution in [0.15, 0.2) is 55.4 Å². The maximum absolute atomic E-state index is 12.0. The average Bonchev–Trinajstić information content (AvgIpc) is 3.40. The van der Waals surface area contributed by atoms with E-state index in [1.54, 1.807) is 28.8 Å². The van der Waals surface area contributed by atoms with Gasteiger partial charge >= 0.3 is 0 Å². The van der Waals surface area contributed by atoms with E-state index in [0.717, 1.165) is 5.56 Å². The Morgan fingerprint density at radius 3 is 2.48 bits per heavy atom. The normalized spacial score (nSPS) is 10.8.